The molecule has 6 nitrogen and oxygen atoms in total. The van der Waals surface area contributed by atoms with E-state index in [1.807, 2.05) is 53.6 Å². The fourth-order valence-corrected chi connectivity index (χ4v) is 4.20. The van der Waals surface area contributed by atoms with E-state index in [0.29, 0.717) is 32.6 Å². The van der Waals surface area contributed by atoms with Crippen LogP contribution in [0.25, 0.3) is 10.9 Å². The fourth-order valence-electron chi connectivity index (χ4n) is 4.20. The summed E-state index contributed by atoms with van der Waals surface area (Å²) >= 11 is 0. The number of carbonyl (C=O) groups excluding carboxylic acids is 2. The minimum Gasteiger partial charge on any atom is -0.497 e. The molecule has 6 heteroatoms. The maximum absolute atomic E-state index is 13.2. The number of hydrogen-bond acceptors (Lipinski definition) is 3. The van der Waals surface area contributed by atoms with Gasteiger partial charge in [0.2, 0.25) is 11.8 Å². The van der Waals surface area contributed by atoms with E-state index in [0.717, 1.165) is 27.8 Å². The largest absolute Gasteiger partial charge is 0.497 e. The van der Waals surface area contributed by atoms with E-state index in [4.69, 9.17) is 4.74 Å². The number of benzene rings is 2. The van der Waals surface area contributed by atoms with Crippen LogP contribution < -0.4 is 4.74 Å². The summed E-state index contributed by atoms with van der Waals surface area (Å²) in [7, 11) is 1.65. The molecule has 1 atom stereocenters. The van der Waals surface area contributed by atoms with Crippen molar-refractivity contribution in [1.82, 2.24) is 14.8 Å². The third-order valence-corrected chi connectivity index (χ3v) is 5.97. The minimum absolute atomic E-state index is 0.0645. The molecule has 0 aliphatic carbocycles. The van der Waals surface area contributed by atoms with Crippen molar-refractivity contribution in [2.24, 2.45) is 0 Å². The van der Waals surface area contributed by atoms with Crippen LogP contribution >= 0.6 is 0 Å². The number of fused-ring (bicyclic) bond motifs is 1. The number of nitrogens with one attached hydrogen (secondary N) is 1. The summed E-state index contributed by atoms with van der Waals surface area (Å²) < 4.78 is 5.30. The van der Waals surface area contributed by atoms with Gasteiger partial charge in [0, 0.05) is 62.5 Å². The summed E-state index contributed by atoms with van der Waals surface area (Å²) in [4.78, 5) is 31.8. The van der Waals surface area contributed by atoms with Gasteiger partial charge in [0.25, 0.3) is 0 Å². The highest BCUT2D eigenvalue weighted by molar-refractivity contribution is 5.86. The average molecular weight is 405 g/mol. The van der Waals surface area contributed by atoms with Gasteiger partial charge in [0.15, 0.2) is 0 Å². The van der Waals surface area contributed by atoms with Crippen molar-refractivity contribution in [1.29, 1.82) is 0 Å². The van der Waals surface area contributed by atoms with Crippen molar-refractivity contribution >= 4 is 22.7 Å². The minimum atomic E-state index is -0.0645. The number of methoxy groups -OCH3 is 1. The summed E-state index contributed by atoms with van der Waals surface area (Å²) in [6.07, 6.45) is 2.40. The molecule has 4 rings (SSSR count). The number of piperazine rings is 1. The monoisotopic (exact) mass is 405 g/mol. The van der Waals surface area contributed by atoms with E-state index in [-0.39, 0.29) is 17.7 Å². The van der Waals surface area contributed by atoms with Gasteiger partial charge >= 0.3 is 0 Å². The Bertz CT molecular complexity index is 1030. The molecule has 0 unspecified atom stereocenters. The van der Waals surface area contributed by atoms with E-state index >= 15 is 0 Å². The summed E-state index contributed by atoms with van der Waals surface area (Å²) in [6, 6.07) is 16.1. The van der Waals surface area contributed by atoms with Crippen molar-refractivity contribution in [3.05, 3.63) is 65.9 Å². The summed E-state index contributed by atoms with van der Waals surface area (Å²) in [5, 5.41) is 1.13. The van der Waals surface area contributed by atoms with E-state index in [1.54, 1.807) is 18.9 Å². The first kappa shape index (κ1) is 20.0. The van der Waals surface area contributed by atoms with Crippen molar-refractivity contribution in [2.45, 2.75) is 19.3 Å². The number of aromatic nitrogens is 1. The molecule has 1 saturated heterocycles. The molecule has 156 valence electrons. The molecule has 2 heterocycles. The van der Waals surface area contributed by atoms with Gasteiger partial charge in [0.05, 0.1) is 7.11 Å². The Morgan fingerprint density at radius 1 is 1.00 bits per heavy atom. The molecule has 0 radical (unpaired) electrons. The highest BCUT2D eigenvalue weighted by atomic mass is 16.5. The number of hydrogen-bond donors (Lipinski definition) is 1. The highest BCUT2D eigenvalue weighted by Gasteiger charge is 2.27. The van der Waals surface area contributed by atoms with Crippen molar-refractivity contribution in [2.75, 3.05) is 33.3 Å². The van der Waals surface area contributed by atoms with Gasteiger partial charge in [-0.1, -0.05) is 30.3 Å². The molecule has 1 fully saturated rings. The first-order valence-electron chi connectivity index (χ1n) is 10.3. The van der Waals surface area contributed by atoms with Crippen LogP contribution in [0.15, 0.2) is 54.7 Å². The number of ether oxygens (including phenoxy) is 1. The van der Waals surface area contributed by atoms with E-state index in [2.05, 4.69) is 11.1 Å². The van der Waals surface area contributed by atoms with Crippen LogP contribution in [0.4, 0.5) is 0 Å². The second-order valence-electron chi connectivity index (χ2n) is 7.71. The van der Waals surface area contributed by atoms with E-state index in [1.165, 1.54) is 0 Å². The van der Waals surface area contributed by atoms with Crippen LogP contribution in [0.2, 0.25) is 0 Å². The third-order valence-electron chi connectivity index (χ3n) is 5.97. The molecule has 1 aliphatic rings. The van der Waals surface area contributed by atoms with Crippen molar-refractivity contribution in [3.8, 4) is 5.75 Å². The van der Waals surface area contributed by atoms with Gasteiger partial charge in [-0.2, -0.15) is 0 Å². The number of aromatic amines is 1. The van der Waals surface area contributed by atoms with Crippen LogP contribution in [0.1, 0.15) is 30.4 Å². The second-order valence-corrected chi connectivity index (χ2v) is 7.71. The molecule has 1 aliphatic heterocycles. The zero-order valence-electron chi connectivity index (χ0n) is 17.4. The van der Waals surface area contributed by atoms with Crippen molar-refractivity contribution in [3.63, 3.8) is 0 Å². The van der Waals surface area contributed by atoms with Gasteiger partial charge in [-0.05, 0) is 29.3 Å². The lowest BCUT2D eigenvalue weighted by atomic mass is 9.87. The molecule has 1 aromatic heterocycles. The summed E-state index contributed by atoms with van der Waals surface area (Å²) in [6.45, 7) is 3.94. The Hall–Kier alpha value is -3.28. The standard InChI is InChI=1S/C24H27N3O3/c1-17(28)26-11-13-27(14-12-26)24(29)15-21(18-7-9-19(30-2)10-8-18)22-16-25-23-6-4-3-5-20(22)23/h3-10,16,21,25H,11-15H2,1-2H3/t21-/m1/s1. The molecule has 2 aromatic carbocycles. The number of nitrogens with zero attached hydrogens (tertiary/aromatic N) is 2. The first-order chi connectivity index (χ1) is 14.6. The van der Waals surface area contributed by atoms with Crippen LogP contribution in [-0.4, -0.2) is 59.9 Å². The molecule has 2 amide bonds. The van der Waals surface area contributed by atoms with Gasteiger partial charge in [-0.3, -0.25) is 9.59 Å². The van der Waals surface area contributed by atoms with Crippen LogP contribution in [0, 0.1) is 0 Å². The topological polar surface area (TPSA) is 65.6 Å². The Morgan fingerprint density at radius 2 is 1.67 bits per heavy atom. The predicted octanol–water partition coefficient (Wildman–Crippen LogP) is 3.39. The average Bonchev–Trinajstić information content (AvgIpc) is 3.21. The molecule has 0 saturated carbocycles. The lowest BCUT2D eigenvalue weighted by Crippen LogP contribution is -2.50. The predicted molar refractivity (Wildman–Crippen MR) is 117 cm³/mol. The van der Waals surface area contributed by atoms with Crippen molar-refractivity contribution < 1.29 is 14.3 Å². The third kappa shape index (κ3) is 4.03. The summed E-state index contributed by atoms with van der Waals surface area (Å²) in [5.41, 5.74) is 3.26. The molecule has 0 spiro atoms. The zero-order valence-corrected chi connectivity index (χ0v) is 17.4. The summed E-state index contributed by atoms with van der Waals surface area (Å²) in [5.74, 6) is 0.912. The zero-order chi connectivity index (χ0) is 21.1. The Kier molecular flexibility index (Phi) is 5.74. The van der Waals surface area contributed by atoms with Gasteiger partial charge < -0.3 is 19.5 Å². The molecule has 0 bridgehead atoms. The Morgan fingerprint density at radius 3 is 2.33 bits per heavy atom. The lowest BCUT2D eigenvalue weighted by molar-refractivity contribution is -0.138. The smallest absolute Gasteiger partial charge is 0.223 e. The molecule has 3 aromatic rings. The van der Waals surface area contributed by atoms with Gasteiger partial charge in [-0.25, -0.2) is 0 Å². The molecular weight excluding hydrogens is 378 g/mol. The number of amides is 2. The van der Waals surface area contributed by atoms with Crippen LogP contribution in [0.5, 0.6) is 5.75 Å². The normalized spacial score (nSPS) is 15.3. The number of H-pyrrole nitrogens is 1. The maximum Gasteiger partial charge on any atom is 0.223 e. The SMILES string of the molecule is COc1ccc([C@@H](CC(=O)N2CCN(C(C)=O)CC2)c2c[nH]c3ccccc23)cc1. The number of carbonyl (C=O) groups is 2. The van der Waals surface area contributed by atoms with E-state index < -0.39 is 0 Å². The quantitative estimate of drug-likeness (QED) is 0.708. The van der Waals surface area contributed by atoms with Crippen LogP contribution in [0.3, 0.4) is 0 Å². The van der Waals surface area contributed by atoms with Crippen LogP contribution in [-0.2, 0) is 9.59 Å². The van der Waals surface area contributed by atoms with Gasteiger partial charge in [0.1, 0.15) is 5.75 Å². The second kappa shape index (κ2) is 8.61. The van der Waals surface area contributed by atoms with E-state index in [9.17, 15) is 9.59 Å². The fraction of sp³-hybridized carbons (Fsp3) is 0.333. The maximum atomic E-state index is 13.2. The molecule has 30 heavy (non-hydrogen) atoms. The Balaban J connectivity index is 1.60. The Labute approximate surface area is 176 Å². The molecule has 1 N–H and O–H groups in total. The lowest BCUT2D eigenvalue weighted by Gasteiger charge is -2.35. The number of para-hydroxylation sites is 1. The van der Waals surface area contributed by atoms with Gasteiger partial charge in [-0.15, -0.1) is 0 Å². The first-order valence-corrected chi connectivity index (χ1v) is 10.3. The highest BCUT2D eigenvalue weighted by Crippen LogP contribution is 2.34. The number of rotatable bonds is 5. The molecular formula is C24H27N3O3.